The number of aromatic nitrogens is 1. The topological polar surface area (TPSA) is 79.5 Å². The molecule has 0 radical (unpaired) electrons. The minimum atomic E-state index is -3.95. The maximum Gasteiger partial charge on any atom is 0.252 e. The second-order valence-electron chi connectivity index (χ2n) is 7.60. The fourth-order valence-electron chi connectivity index (χ4n) is 3.69. The highest BCUT2D eigenvalue weighted by Crippen LogP contribution is 2.23. The average molecular weight is 431 g/mol. The molecule has 1 N–H and O–H groups in total. The molecule has 0 saturated carbocycles. The molecule has 0 bridgehead atoms. The van der Waals surface area contributed by atoms with Crippen LogP contribution in [0.5, 0.6) is 0 Å². The van der Waals surface area contributed by atoms with Gasteiger partial charge >= 0.3 is 0 Å². The predicted molar refractivity (Wildman–Crippen MR) is 112 cm³/mol. The standard InChI is InChI=1S/C22H23FN2O4S/c1-15-4-5-16-12-17(22(26)24-21(16)11-15)13-25(14-19-3-2-10-29-19)30(27,28)20-8-6-18(23)7-9-20/h4-9,11-12,19H,2-3,10,13-14H2,1H3,(H,24,26)/t19-/m0/s1. The van der Waals surface area contributed by atoms with E-state index in [4.69, 9.17) is 4.74 Å². The summed E-state index contributed by atoms with van der Waals surface area (Å²) < 4.78 is 46.8. The number of pyridine rings is 1. The molecule has 1 aliphatic rings. The van der Waals surface area contributed by atoms with Gasteiger partial charge in [0.05, 0.1) is 11.0 Å². The van der Waals surface area contributed by atoms with Crippen molar-refractivity contribution in [1.82, 2.24) is 9.29 Å². The smallest absolute Gasteiger partial charge is 0.252 e. The van der Waals surface area contributed by atoms with E-state index >= 15 is 0 Å². The average Bonchev–Trinajstić information content (AvgIpc) is 3.21. The van der Waals surface area contributed by atoms with Crippen LogP contribution in [-0.4, -0.2) is 37.0 Å². The highest BCUT2D eigenvalue weighted by atomic mass is 32.2. The zero-order valence-electron chi connectivity index (χ0n) is 16.6. The normalized spacial score (nSPS) is 17.1. The molecule has 0 spiro atoms. The summed E-state index contributed by atoms with van der Waals surface area (Å²) in [6.45, 7) is 2.55. The number of H-pyrrole nitrogens is 1. The van der Waals surface area contributed by atoms with Gasteiger partial charge in [-0.2, -0.15) is 4.31 Å². The van der Waals surface area contributed by atoms with Crippen molar-refractivity contribution < 1.29 is 17.5 Å². The Bertz CT molecular complexity index is 1220. The number of ether oxygens (including phenoxy) is 1. The number of nitrogens with one attached hydrogen (secondary N) is 1. The van der Waals surface area contributed by atoms with Crippen LogP contribution in [0.15, 0.2) is 58.2 Å². The number of sulfonamides is 1. The Labute approximate surface area is 174 Å². The number of rotatable bonds is 6. The molecule has 1 saturated heterocycles. The predicted octanol–water partition coefficient (Wildman–Crippen LogP) is 3.35. The molecule has 0 unspecified atom stereocenters. The first kappa shape index (κ1) is 20.7. The summed E-state index contributed by atoms with van der Waals surface area (Å²) in [7, 11) is -3.95. The van der Waals surface area contributed by atoms with Gasteiger partial charge in [-0.3, -0.25) is 4.79 Å². The Kier molecular flexibility index (Phi) is 5.73. The summed E-state index contributed by atoms with van der Waals surface area (Å²) in [5.41, 5.74) is 1.73. The lowest BCUT2D eigenvalue weighted by Crippen LogP contribution is -2.38. The van der Waals surface area contributed by atoms with Crippen molar-refractivity contribution in [3.8, 4) is 0 Å². The fourth-order valence-corrected chi connectivity index (χ4v) is 5.14. The monoisotopic (exact) mass is 430 g/mol. The van der Waals surface area contributed by atoms with Crippen LogP contribution >= 0.6 is 0 Å². The lowest BCUT2D eigenvalue weighted by Gasteiger charge is -2.25. The molecule has 1 fully saturated rings. The van der Waals surface area contributed by atoms with Crippen LogP contribution in [0, 0.1) is 12.7 Å². The van der Waals surface area contributed by atoms with Crippen LogP contribution in [0.25, 0.3) is 10.9 Å². The van der Waals surface area contributed by atoms with Crippen LogP contribution in [-0.2, 0) is 21.3 Å². The van der Waals surface area contributed by atoms with Gasteiger partial charge < -0.3 is 9.72 Å². The maximum atomic E-state index is 13.3. The van der Waals surface area contributed by atoms with Gasteiger partial charge in [0.1, 0.15) is 5.82 Å². The van der Waals surface area contributed by atoms with Crippen molar-refractivity contribution in [2.75, 3.05) is 13.2 Å². The zero-order chi connectivity index (χ0) is 21.3. The van der Waals surface area contributed by atoms with Gasteiger partial charge in [-0.1, -0.05) is 12.1 Å². The molecule has 2 aromatic carbocycles. The molecule has 2 heterocycles. The van der Waals surface area contributed by atoms with Gasteiger partial charge in [-0.15, -0.1) is 0 Å². The minimum absolute atomic E-state index is 0.0188. The molecule has 4 rings (SSSR count). The van der Waals surface area contributed by atoms with Crippen LogP contribution in [0.4, 0.5) is 4.39 Å². The molecule has 8 heteroatoms. The largest absolute Gasteiger partial charge is 0.377 e. The first-order valence-corrected chi connectivity index (χ1v) is 11.3. The second-order valence-corrected chi connectivity index (χ2v) is 9.54. The van der Waals surface area contributed by atoms with Gasteiger partial charge in [-0.25, -0.2) is 12.8 Å². The van der Waals surface area contributed by atoms with Gasteiger partial charge in [0, 0.05) is 30.8 Å². The van der Waals surface area contributed by atoms with Crippen LogP contribution in [0.2, 0.25) is 0 Å². The molecule has 3 aromatic rings. The molecular formula is C22H23FN2O4S. The Morgan fingerprint density at radius 1 is 1.17 bits per heavy atom. The Hall–Kier alpha value is -2.55. The molecular weight excluding hydrogens is 407 g/mol. The third-order valence-electron chi connectivity index (χ3n) is 5.31. The van der Waals surface area contributed by atoms with Crippen molar-refractivity contribution in [3.63, 3.8) is 0 Å². The molecule has 6 nitrogen and oxygen atoms in total. The van der Waals surface area contributed by atoms with Crippen molar-refractivity contribution in [3.05, 3.63) is 75.8 Å². The first-order chi connectivity index (χ1) is 14.3. The van der Waals surface area contributed by atoms with Crippen molar-refractivity contribution in [2.24, 2.45) is 0 Å². The Balaban J connectivity index is 1.72. The number of aromatic amines is 1. The summed E-state index contributed by atoms with van der Waals surface area (Å²) in [5, 5.41) is 0.825. The van der Waals surface area contributed by atoms with E-state index < -0.39 is 15.8 Å². The van der Waals surface area contributed by atoms with E-state index in [1.165, 1.54) is 16.4 Å². The lowest BCUT2D eigenvalue weighted by atomic mass is 10.1. The highest BCUT2D eigenvalue weighted by Gasteiger charge is 2.30. The molecule has 158 valence electrons. The van der Waals surface area contributed by atoms with Crippen LogP contribution in [0.3, 0.4) is 0 Å². The minimum Gasteiger partial charge on any atom is -0.377 e. The first-order valence-electron chi connectivity index (χ1n) is 9.83. The van der Waals surface area contributed by atoms with Gasteiger partial charge in [0.15, 0.2) is 0 Å². The van der Waals surface area contributed by atoms with Crippen molar-refractivity contribution in [2.45, 2.75) is 37.3 Å². The van der Waals surface area contributed by atoms with E-state index in [-0.39, 0.29) is 29.6 Å². The molecule has 0 aliphatic carbocycles. The zero-order valence-corrected chi connectivity index (χ0v) is 17.4. The van der Waals surface area contributed by atoms with E-state index in [0.29, 0.717) is 17.7 Å². The third-order valence-corrected chi connectivity index (χ3v) is 7.13. The van der Waals surface area contributed by atoms with E-state index in [1.807, 2.05) is 25.1 Å². The molecule has 1 aromatic heterocycles. The summed E-state index contributed by atoms with van der Waals surface area (Å²) in [6, 6.07) is 12.1. The SMILES string of the molecule is Cc1ccc2cc(CN(C[C@@H]3CCCO3)S(=O)(=O)c3ccc(F)cc3)c(=O)[nH]c2c1. The number of nitrogens with zero attached hydrogens (tertiary/aromatic N) is 1. The highest BCUT2D eigenvalue weighted by molar-refractivity contribution is 7.89. The van der Waals surface area contributed by atoms with Crippen LogP contribution in [0.1, 0.15) is 24.0 Å². The van der Waals surface area contributed by atoms with E-state index in [9.17, 15) is 17.6 Å². The van der Waals surface area contributed by atoms with Gasteiger partial charge in [0.2, 0.25) is 10.0 Å². The number of hydrogen-bond acceptors (Lipinski definition) is 4. The molecule has 0 amide bonds. The van der Waals surface area contributed by atoms with Crippen LogP contribution < -0.4 is 5.56 Å². The quantitative estimate of drug-likeness (QED) is 0.651. The van der Waals surface area contributed by atoms with Crippen molar-refractivity contribution in [1.29, 1.82) is 0 Å². The van der Waals surface area contributed by atoms with E-state index in [1.54, 1.807) is 6.07 Å². The van der Waals surface area contributed by atoms with E-state index in [2.05, 4.69) is 4.98 Å². The number of hydrogen-bond donors (Lipinski definition) is 1. The van der Waals surface area contributed by atoms with Crippen molar-refractivity contribution >= 4 is 20.9 Å². The van der Waals surface area contributed by atoms with E-state index in [0.717, 1.165) is 35.9 Å². The molecule has 1 aliphatic heterocycles. The second kappa shape index (κ2) is 8.29. The lowest BCUT2D eigenvalue weighted by molar-refractivity contribution is 0.0925. The number of halogens is 1. The summed E-state index contributed by atoms with van der Waals surface area (Å²) in [6.07, 6.45) is 1.38. The van der Waals surface area contributed by atoms with Gasteiger partial charge in [0.25, 0.3) is 5.56 Å². The molecule has 30 heavy (non-hydrogen) atoms. The number of fused-ring (bicyclic) bond motifs is 1. The molecule has 1 atom stereocenters. The Morgan fingerprint density at radius 3 is 2.63 bits per heavy atom. The summed E-state index contributed by atoms with van der Waals surface area (Å²) in [5.74, 6) is -0.513. The maximum absolute atomic E-state index is 13.3. The Morgan fingerprint density at radius 2 is 1.93 bits per heavy atom. The number of aryl methyl sites for hydroxylation is 1. The summed E-state index contributed by atoms with van der Waals surface area (Å²) >= 11 is 0. The summed E-state index contributed by atoms with van der Waals surface area (Å²) in [4.78, 5) is 15.5. The van der Waals surface area contributed by atoms with Gasteiger partial charge in [-0.05, 0) is 67.1 Å². The third kappa shape index (κ3) is 4.30. The number of benzene rings is 2. The fraction of sp³-hybridized carbons (Fsp3) is 0.318.